The van der Waals surface area contributed by atoms with E-state index >= 15 is 0 Å². The second-order valence-corrected chi connectivity index (χ2v) is 8.31. The van der Waals surface area contributed by atoms with Crippen LogP contribution in [-0.4, -0.2) is 24.9 Å². The SMILES string of the molecule is Cc1cc(C)c2c(C)c(C(=O)N(Cc3ccc(N(C)C)cc3)Cc3ccco3)oc2c1. The standard InChI is InChI=1S/C26H28N2O3/c1-17-13-18(2)24-19(3)25(31-23(24)14-17)26(29)28(16-22-7-6-12-30-22)15-20-8-10-21(11-9-20)27(4)5/h6-14H,15-16H2,1-5H3. The van der Waals surface area contributed by atoms with Crippen molar-refractivity contribution >= 4 is 22.6 Å². The van der Waals surface area contributed by atoms with E-state index < -0.39 is 0 Å². The predicted octanol–water partition coefficient (Wildman–Crippen LogP) is 5.86. The Bertz CT molecular complexity index is 1200. The highest BCUT2D eigenvalue weighted by atomic mass is 16.3. The van der Waals surface area contributed by atoms with Crippen LogP contribution < -0.4 is 4.90 Å². The Balaban J connectivity index is 1.69. The molecule has 5 heteroatoms. The number of nitrogens with zero attached hydrogens (tertiary/aromatic N) is 2. The first kappa shape index (κ1) is 20.8. The Kier molecular flexibility index (Phi) is 5.59. The van der Waals surface area contributed by atoms with Crippen LogP contribution in [0.1, 0.15) is 38.6 Å². The molecular formula is C26H28N2O3. The summed E-state index contributed by atoms with van der Waals surface area (Å²) in [6.45, 7) is 6.88. The van der Waals surface area contributed by atoms with Crippen molar-refractivity contribution < 1.29 is 13.6 Å². The molecule has 5 nitrogen and oxygen atoms in total. The lowest BCUT2D eigenvalue weighted by Gasteiger charge is -2.22. The van der Waals surface area contributed by atoms with Crippen LogP contribution >= 0.6 is 0 Å². The molecule has 0 aliphatic carbocycles. The third kappa shape index (κ3) is 4.22. The molecule has 0 aliphatic heterocycles. The number of fused-ring (bicyclic) bond motifs is 1. The van der Waals surface area contributed by atoms with Gasteiger partial charge in [-0.1, -0.05) is 18.2 Å². The molecule has 0 saturated carbocycles. The molecule has 0 unspecified atom stereocenters. The Morgan fingerprint density at radius 3 is 2.35 bits per heavy atom. The van der Waals surface area contributed by atoms with Crippen molar-refractivity contribution in [2.75, 3.05) is 19.0 Å². The Labute approximate surface area is 182 Å². The fraction of sp³-hybridized carbons (Fsp3) is 0.269. The van der Waals surface area contributed by atoms with E-state index in [1.165, 1.54) is 0 Å². The van der Waals surface area contributed by atoms with Crippen LogP contribution in [0.5, 0.6) is 0 Å². The zero-order valence-electron chi connectivity index (χ0n) is 18.7. The van der Waals surface area contributed by atoms with Gasteiger partial charge < -0.3 is 18.6 Å². The average molecular weight is 417 g/mol. The normalized spacial score (nSPS) is 11.1. The van der Waals surface area contributed by atoms with E-state index in [1.54, 1.807) is 11.2 Å². The number of rotatable bonds is 6. The van der Waals surface area contributed by atoms with Gasteiger partial charge in [0.2, 0.25) is 0 Å². The zero-order valence-corrected chi connectivity index (χ0v) is 18.7. The summed E-state index contributed by atoms with van der Waals surface area (Å²) in [4.78, 5) is 17.4. The Hall–Kier alpha value is -3.47. The first-order valence-electron chi connectivity index (χ1n) is 10.4. The molecule has 2 aromatic carbocycles. The molecule has 4 aromatic rings. The number of furan rings is 2. The molecule has 0 bridgehead atoms. The van der Waals surface area contributed by atoms with Gasteiger partial charge in [-0.2, -0.15) is 0 Å². The molecule has 0 saturated heterocycles. The molecule has 0 fully saturated rings. The maximum absolute atomic E-state index is 13.6. The van der Waals surface area contributed by atoms with Gasteiger partial charge in [0.1, 0.15) is 11.3 Å². The van der Waals surface area contributed by atoms with Gasteiger partial charge in [-0.3, -0.25) is 4.79 Å². The Morgan fingerprint density at radius 2 is 1.71 bits per heavy atom. The van der Waals surface area contributed by atoms with E-state index in [0.29, 0.717) is 18.8 Å². The predicted molar refractivity (Wildman–Crippen MR) is 123 cm³/mol. The van der Waals surface area contributed by atoms with Gasteiger partial charge in [0.05, 0.1) is 12.8 Å². The number of aryl methyl sites for hydroxylation is 3. The van der Waals surface area contributed by atoms with Crippen molar-refractivity contribution in [1.82, 2.24) is 4.90 Å². The maximum Gasteiger partial charge on any atom is 0.290 e. The van der Waals surface area contributed by atoms with E-state index in [1.807, 2.05) is 46.1 Å². The minimum Gasteiger partial charge on any atom is -0.467 e. The molecule has 1 amide bonds. The van der Waals surface area contributed by atoms with E-state index in [2.05, 4.69) is 42.2 Å². The lowest BCUT2D eigenvalue weighted by molar-refractivity contribution is 0.0686. The first-order valence-corrected chi connectivity index (χ1v) is 10.4. The van der Waals surface area contributed by atoms with E-state index in [9.17, 15) is 4.79 Å². The molecule has 2 heterocycles. The second kappa shape index (κ2) is 8.34. The van der Waals surface area contributed by atoms with Crippen LogP contribution in [-0.2, 0) is 13.1 Å². The van der Waals surface area contributed by atoms with Crippen LogP contribution in [0.4, 0.5) is 5.69 Å². The molecule has 0 atom stereocenters. The highest BCUT2D eigenvalue weighted by Crippen LogP contribution is 2.31. The van der Waals surface area contributed by atoms with Crippen molar-refractivity contribution in [1.29, 1.82) is 0 Å². The average Bonchev–Trinajstić information content (AvgIpc) is 3.35. The monoisotopic (exact) mass is 416 g/mol. The zero-order chi connectivity index (χ0) is 22.1. The summed E-state index contributed by atoms with van der Waals surface area (Å²) in [6, 6.07) is 16.0. The molecular weight excluding hydrogens is 388 g/mol. The van der Waals surface area contributed by atoms with Crippen LogP contribution in [0.3, 0.4) is 0 Å². The summed E-state index contributed by atoms with van der Waals surface area (Å²) in [6.07, 6.45) is 1.63. The second-order valence-electron chi connectivity index (χ2n) is 8.31. The fourth-order valence-electron chi connectivity index (χ4n) is 4.05. The van der Waals surface area contributed by atoms with Crippen molar-refractivity contribution in [2.45, 2.75) is 33.9 Å². The fourth-order valence-corrected chi connectivity index (χ4v) is 4.05. The number of carbonyl (C=O) groups excluding carboxylic acids is 1. The highest BCUT2D eigenvalue weighted by Gasteiger charge is 2.25. The highest BCUT2D eigenvalue weighted by molar-refractivity contribution is 6.00. The van der Waals surface area contributed by atoms with Crippen LogP contribution in [0.15, 0.2) is 63.6 Å². The summed E-state index contributed by atoms with van der Waals surface area (Å²) in [5.74, 6) is 0.984. The van der Waals surface area contributed by atoms with Crippen LogP contribution in [0.2, 0.25) is 0 Å². The quantitative estimate of drug-likeness (QED) is 0.395. The summed E-state index contributed by atoms with van der Waals surface area (Å²) >= 11 is 0. The van der Waals surface area contributed by atoms with Crippen molar-refractivity contribution in [2.24, 2.45) is 0 Å². The van der Waals surface area contributed by atoms with Gasteiger partial charge in [0.25, 0.3) is 5.91 Å². The number of carbonyl (C=O) groups is 1. The maximum atomic E-state index is 13.6. The summed E-state index contributed by atoms with van der Waals surface area (Å²) in [7, 11) is 4.02. The topological polar surface area (TPSA) is 49.8 Å². The largest absolute Gasteiger partial charge is 0.467 e. The van der Waals surface area contributed by atoms with Gasteiger partial charge >= 0.3 is 0 Å². The number of anilines is 1. The number of benzene rings is 2. The minimum absolute atomic E-state index is 0.140. The molecule has 4 rings (SSSR count). The molecule has 0 radical (unpaired) electrons. The van der Waals surface area contributed by atoms with Gasteiger partial charge in [0, 0.05) is 37.3 Å². The van der Waals surface area contributed by atoms with Crippen molar-refractivity contribution in [3.63, 3.8) is 0 Å². The third-order valence-electron chi connectivity index (χ3n) is 5.61. The van der Waals surface area contributed by atoms with Crippen LogP contribution in [0.25, 0.3) is 11.0 Å². The van der Waals surface area contributed by atoms with E-state index in [0.717, 1.165) is 44.7 Å². The molecule has 0 N–H and O–H groups in total. The molecule has 160 valence electrons. The lowest BCUT2D eigenvalue weighted by atomic mass is 10.0. The number of hydrogen-bond acceptors (Lipinski definition) is 4. The van der Waals surface area contributed by atoms with Gasteiger partial charge in [0.15, 0.2) is 5.76 Å². The van der Waals surface area contributed by atoms with Crippen LogP contribution in [0, 0.1) is 20.8 Å². The summed E-state index contributed by atoms with van der Waals surface area (Å²) in [5, 5.41) is 1.02. The van der Waals surface area contributed by atoms with Gasteiger partial charge in [-0.15, -0.1) is 0 Å². The molecule has 2 aromatic heterocycles. The molecule has 0 aliphatic rings. The summed E-state index contributed by atoms with van der Waals surface area (Å²) in [5.41, 5.74) is 6.03. The number of amides is 1. The van der Waals surface area contributed by atoms with Gasteiger partial charge in [-0.25, -0.2) is 0 Å². The number of hydrogen-bond donors (Lipinski definition) is 0. The smallest absolute Gasteiger partial charge is 0.290 e. The Morgan fingerprint density at radius 1 is 0.968 bits per heavy atom. The molecule has 0 spiro atoms. The molecule has 31 heavy (non-hydrogen) atoms. The van der Waals surface area contributed by atoms with Crippen molar-refractivity contribution in [3.8, 4) is 0 Å². The van der Waals surface area contributed by atoms with Gasteiger partial charge in [-0.05, 0) is 67.8 Å². The third-order valence-corrected chi connectivity index (χ3v) is 5.61. The minimum atomic E-state index is -0.140. The van der Waals surface area contributed by atoms with Crippen molar-refractivity contribution in [3.05, 3.63) is 88.6 Å². The lowest BCUT2D eigenvalue weighted by Crippen LogP contribution is -2.30. The summed E-state index contributed by atoms with van der Waals surface area (Å²) < 4.78 is 11.6. The van der Waals surface area contributed by atoms with E-state index in [-0.39, 0.29) is 5.91 Å². The van der Waals surface area contributed by atoms with E-state index in [4.69, 9.17) is 8.83 Å². The first-order chi connectivity index (χ1) is 14.8.